The van der Waals surface area contributed by atoms with Gasteiger partial charge in [0.1, 0.15) is 11.5 Å². The van der Waals surface area contributed by atoms with Crippen LogP contribution in [0.15, 0.2) is 42.5 Å². The zero-order chi connectivity index (χ0) is 24.4. The van der Waals surface area contributed by atoms with Gasteiger partial charge in [0, 0.05) is 24.8 Å². The molecule has 2 amide bonds. The number of hydrogen-bond acceptors (Lipinski definition) is 5. The first-order valence-electron chi connectivity index (χ1n) is 10.5. The molecule has 2 aromatic rings. The first kappa shape index (κ1) is 26.0. The molecule has 0 aliphatic rings. The van der Waals surface area contributed by atoms with Crippen molar-refractivity contribution in [1.29, 1.82) is 0 Å². The monoisotopic (exact) mass is 467 g/mol. The lowest BCUT2D eigenvalue weighted by molar-refractivity contribution is -0.274. The Hall–Kier alpha value is -3.27. The summed E-state index contributed by atoms with van der Waals surface area (Å²) in [5.41, 5.74) is 1.28. The summed E-state index contributed by atoms with van der Waals surface area (Å²) < 4.78 is 45.8. The van der Waals surface area contributed by atoms with Crippen LogP contribution in [0, 0.1) is 0 Å². The zero-order valence-corrected chi connectivity index (χ0v) is 18.8. The van der Waals surface area contributed by atoms with Crippen LogP contribution in [0.4, 0.5) is 18.9 Å². The maximum Gasteiger partial charge on any atom is 0.573 e. The topological polar surface area (TPSA) is 79.9 Å². The van der Waals surface area contributed by atoms with Gasteiger partial charge in [-0.2, -0.15) is 0 Å². The molecule has 0 fully saturated rings. The molecule has 2 aromatic carbocycles. The zero-order valence-electron chi connectivity index (χ0n) is 18.8. The predicted molar refractivity (Wildman–Crippen MR) is 119 cm³/mol. The largest absolute Gasteiger partial charge is 0.573 e. The number of likely N-dealkylation sites (N-methyl/N-ethyl adjacent to an activating group) is 1. The summed E-state index contributed by atoms with van der Waals surface area (Å²) in [5.74, 6) is -0.708. The fourth-order valence-corrected chi connectivity index (χ4v) is 3.12. The number of nitrogens with zero attached hydrogens (tertiary/aromatic N) is 1. The minimum Gasteiger partial charge on any atom is -0.496 e. The first-order chi connectivity index (χ1) is 15.6. The molecule has 0 aliphatic heterocycles. The lowest BCUT2D eigenvalue weighted by Gasteiger charge is -2.18. The second-order valence-corrected chi connectivity index (χ2v) is 7.11. The molecule has 2 N–H and O–H groups in total. The molecule has 10 heteroatoms. The minimum atomic E-state index is -4.77. The minimum absolute atomic E-state index is 0.0534. The van der Waals surface area contributed by atoms with Crippen molar-refractivity contribution in [3.63, 3.8) is 0 Å². The number of benzene rings is 2. The van der Waals surface area contributed by atoms with Gasteiger partial charge in [-0.25, -0.2) is 0 Å². The maximum atomic E-state index is 12.5. The Kier molecular flexibility index (Phi) is 9.53. The molecule has 0 saturated carbocycles. The predicted octanol–water partition coefficient (Wildman–Crippen LogP) is 3.85. The van der Waals surface area contributed by atoms with Gasteiger partial charge in [0.25, 0.3) is 5.91 Å². The molecule has 2 rings (SSSR count). The van der Waals surface area contributed by atoms with Crippen LogP contribution in [0.25, 0.3) is 0 Å². The quantitative estimate of drug-likeness (QED) is 0.525. The molecule has 0 atom stereocenters. The van der Waals surface area contributed by atoms with Gasteiger partial charge in [0.2, 0.25) is 5.91 Å². The van der Waals surface area contributed by atoms with E-state index in [1.807, 2.05) is 0 Å². The number of halogens is 3. The third kappa shape index (κ3) is 8.64. The SMILES string of the molecule is CCN(CC)CCNC(=O)c1ccc(NC(=O)Cc2ccc(OC(F)(F)F)cc2)cc1OC. The summed E-state index contributed by atoms with van der Waals surface area (Å²) in [7, 11) is 1.43. The van der Waals surface area contributed by atoms with Gasteiger partial charge >= 0.3 is 6.36 Å². The number of anilines is 1. The van der Waals surface area contributed by atoms with Crippen molar-refractivity contribution < 1.29 is 32.2 Å². The van der Waals surface area contributed by atoms with Crippen LogP contribution in [0.5, 0.6) is 11.5 Å². The van der Waals surface area contributed by atoms with Crippen molar-refractivity contribution >= 4 is 17.5 Å². The lowest BCUT2D eigenvalue weighted by Crippen LogP contribution is -2.34. The van der Waals surface area contributed by atoms with Crippen molar-refractivity contribution in [2.24, 2.45) is 0 Å². The fraction of sp³-hybridized carbons (Fsp3) is 0.391. The Bertz CT molecular complexity index is 930. The van der Waals surface area contributed by atoms with Gasteiger partial charge in [0.05, 0.1) is 19.1 Å². The molecule has 0 spiro atoms. The number of carbonyl (C=O) groups is 2. The number of ether oxygens (including phenoxy) is 2. The highest BCUT2D eigenvalue weighted by Gasteiger charge is 2.31. The third-order valence-electron chi connectivity index (χ3n) is 4.86. The number of alkyl halides is 3. The number of hydrogen-bond donors (Lipinski definition) is 2. The Morgan fingerprint density at radius 1 is 1.03 bits per heavy atom. The van der Waals surface area contributed by atoms with E-state index in [9.17, 15) is 22.8 Å². The van der Waals surface area contributed by atoms with Crippen LogP contribution in [0.2, 0.25) is 0 Å². The molecular formula is C23H28F3N3O4. The van der Waals surface area contributed by atoms with E-state index in [0.29, 0.717) is 29.1 Å². The Balaban J connectivity index is 1.95. The van der Waals surface area contributed by atoms with Gasteiger partial charge in [-0.05, 0) is 42.9 Å². The van der Waals surface area contributed by atoms with Crippen LogP contribution < -0.4 is 20.1 Å². The Labute approximate surface area is 190 Å². The Morgan fingerprint density at radius 3 is 2.27 bits per heavy atom. The van der Waals surface area contributed by atoms with Crippen LogP contribution >= 0.6 is 0 Å². The summed E-state index contributed by atoms with van der Waals surface area (Å²) in [6.45, 7) is 7.14. The smallest absolute Gasteiger partial charge is 0.496 e. The molecule has 0 aliphatic carbocycles. The van der Waals surface area contributed by atoms with E-state index in [-0.39, 0.29) is 24.0 Å². The Morgan fingerprint density at radius 2 is 1.70 bits per heavy atom. The molecular weight excluding hydrogens is 439 g/mol. The van der Waals surface area contributed by atoms with Crippen molar-refractivity contribution in [3.05, 3.63) is 53.6 Å². The van der Waals surface area contributed by atoms with Crippen molar-refractivity contribution in [2.45, 2.75) is 26.6 Å². The van der Waals surface area contributed by atoms with Crippen molar-refractivity contribution in [1.82, 2.24) is 10.2 Å². The molecule has 0 aromatic heterocycles. The number of methoxy groups -OCH3 is 1. The van der Waals surface area contributed by atoms with Gasteiger partial charge in [-0.15, -0.1) is 13.2 Å². The average molecular weight is 467 g/mol. The molecule has 180 valence electrons. The summed E-state index contributed by atoms with van der Waals surface area (Å²) in [6, 6.07) is 9.74. The van der Waals surface area contributed by atoms with E-state index < -0.39 is 6.36 Å². The molecule has 0 saturated heterocycles. The second-order valence-electron chi connectivity index (χ2n) is 7.11. The normalized spacial score (nSPS) is 11.2. The molecule has 7 nitrogen and oxygen atoms in total. The van der Waals surface area contributed by atoms with E-state index in [1.54, 1.807) is 12.1 Å². The lowest BCUT2D eigenvalue weighted by atomic mass is 10.1. The molecule has 0 unspecified atom stereocenters. The van der Waals surface area contributed by atoms with Crippen molar-refractivity contribution in [2.75, 3.05) is 38.6 Å². The van der Waals surface area contributed by atoms with Crippen LogP contribution in [0.1, 0.15) is 29.8 Å². The number of amides is 2. The van der Waals surface area contributed by atoms with Gasteiger partial charge < -0.3 is 25.0 Å². The average Bonchev–Trinajstić information content (AvgIpc) is 2.76. The number of nitrogens with one attached hydrogen (secondary N) is 2. The summed E-state index contributed by atoms with van der Waals surface area (Å²) in [6.07, 6.45) is -4.82. The summed E-state index contributed by atoms with van der Waals surface area (Å²) in [5, 5.41) is 5.54. The maximum absolute atomic E-state index is 12.5. The fourth-order valence-electron chi connectivity index (χ4n) is 3.12. The van der Waals surface area contributed by atoms with Crippen LogP contribution in [0.3, 0.4) is 0 Å². The third-order valence-corrected chi connectivity index (χ3v) is 4.86. The second kappa shape index (κ2) is 12.1. The van der Waals surface area contributed by atoms with E-state index in [2.05, 4.69) is 34.1 Å². The van der Waals surface area contributed by atoms with Crippen molar-refractivity contribution in [3.8, 4) is 11.5 Å². The highest BCUT2D eigenvalue weighted by molar-refractivity contribution is 5.98. The van der Waals surface area contributed by atoms with E-state index in [4.69, 9.17) is 4.74 Å². The summed E-state index contributed by atoms with van der Waals surface area (Å²) >= 11 is 0. The van der Waals surface area contributed by atoms with Crippen LogP contribution in [-0.4, -0.2) is 56.4 Å². The van der Waals surface area contributed by atoms with Crippen LogP contribution in [-0.2, 0) is 11.2 Å². The number of carbonyl (C=O) groups excluding carboxylic acids is 2. The van der Waals surface area contributed by atoms with Gasteiger partial charge in [0.15, 0.2) is 0 Å². The highest BCUT2D eigenvalue weighted by atomic mass is 19.4. The molecule has 0 radical (unpaired) electrons. The molecule has 0 bridgehead atoms. The molecule has 33 heavy (non-hydrogen) atoms. The van der Waals surface area contributed by atoms with E-state index in [1.165, 1.54) is 25.3 Å². The van der Waals surface area contributed by atoms with E-state index in [0.717, 1.165) is 31.8 Å². The standard InChI is InChI=1S/C23H28F3N3O4/c1-4-29(5-2)13-12-27-22(31)19-11-8-17(15-20(19)32-3)28-21(30)14-16-6-9-18(10-7-16)33-23(24,25)26/h6-11,15H,4-5,12-14H2,1-3H3,(H,27,31)(H,28,30). The first-order valence-corrected chi connectivity index (χ1v) is 10.5. The summed E-state index contributed by atoms with van der Waals surface area (Å²) in [4.78, 5) is 27.0. The highest BCUT2D eigenvalue weighted by Crippen LogP contribution is 2.24. The molecule has 0 heterocycles. The van der Waals surface area contributed by atoms with Gasteiger partial charge in [-0.3, -0.25) is 9.59 Å². The van der Waals surface area contributed by atoms with Gasteiger partial charge in [-0.1, -0.05) is 26.0 Å². The van der Waals surface area contributed by atoms with E-state index >= 15 is 0 Å². The number of rotatable bonds is 11.